The molecule has 1 atom stereocenters. The molecule has 1 fully saturated rings. The second-order valence-electron chi connectivity index (χ2n) is 7.81. The number of carbonyl (C=O) groups is 3. The number of hydrogen-bond acceptors (Lipinski definition) is 5. The number of rotatable bonds is 9. The average molecular weight is 436 g/mol. The van der Waals surface area contributed by atoms with Crippen LogP contribution in [0.5, 0.6) is 0 Å². The third-order valence-electron chi connectivity index (χ3n) is 5.40. The van der Waals surface area contributed by atoms with Crippen LogP contribution in [0.1, 0.15) is 39.9 Å². The molecule has 168 valence electrons. The first kappa shape index (κ1) is 23.2. The van der Waals surface area contributed by atoms with Gasteiger partial charge >= 0.3 is 5.97 Å². The van der Waals surface area contributed by atoms with E-state index >= 15 is 0 Å². The van der Waals surface area contributed by atoms with E-state index in [1.165, 1.54) is 39.6 Å². The summed E-state index contributed by atoms with van der Waals surface area (Å²) in [5.41, 5.74) is 3.66. The maximum atomic E-state index is 12.8. The van der Waals surface area contributed by atoms with Crippen molar-refractivity contribution in [2.24, 2.45) is 0 Å². The van der Waals surface area contributed by atoms with E-state index in [0.717, 1.165) is 22.6 Å². The predicted octanol–water partition coefficient (Wildman–Crippen LogP) is 2.47. The number of esters is 1. The Morgan fingerprint density at radius 2 is 1.59 bits per heavy atom. The molecule has 1 unspecified atom stereocenters. The number of hydrogen-bond donors (Lipinski definition) is 2. The fourth-order valence-corrected chi connectivity index (χ4v) is 3.24. The van der Waals surface area contributed by atoms with E-state index in [2.05, 4.69) is 39.6 Å². The molecule has 0 heterocycles. The third kappa shape index (κ3) is 6.04. The molecule has 32 heavy (non-hydrogen) atoms. The number of benzene rings is 2. The number of likely N-dealkylation sites (N-methyl/N-ethyl adjacent to an activating group) is 2. The molecule has 0 radical (unpaired) electrons. The summed E-state index contributed by atoms with van der Waals surface area (Å²) in [5, 5.41) is 5.88. The van der Waals surface area contributed by atoms with Gasteiger partial charge in [0.15, 0.2) is 0 Å². The average Bonchev–Trinajstić information content (AvgIpc) is 3.66. The molecule has 1 aliphatic carbocycles. The quantitative estimate of drug-likeness (QED) is 0.359. The van der Waals surface area contributed by atoms with Crippen molar-refractivity contribution >= 4 is 29.9 Å². The number of amides is 2. The third-order valence-corrected chi connectivity index (χ3v) is 5.40. The maximum Gasteiger partial charge on any atom is 0.338 e. The smallest absolute Gasteiger partial charge is 0.338 e. The van der Waals surface area contributed by atoms with Crippen molar-refractivity contribution in [2.75, 3.05) is 21.2 Å². The molecule has 1 aliphatic rings. The maximum absolute atomic E-state index is 12.8. The van der Waals surface area contributed by atoms with Crippen LogP contribution in [-0.2, 0) is 20.9 Å². The molecule has 0 saturated heterocycles. The van der Waals surface area contributed by atoms with Gasteiger partial charge in [0.1, 0.15) is 0 Å². The molecule has 0 aliphatic heterocycles. The molecular weight excluding hydrogens is 406 g/mol. The Labute approximate surface area is 188 Å². The van der Waals surface area contributed by atoms with Crippen LogP contribution in [0.3, 0.4) is 0 Å². The largest absolute Gasteiger partial charge is 0.467 e. The van der Waals surface area contributed by atoms with Gasteiger partial charge in [-0.3, -0.25) is 9.59 Å². The normalized spacial score (nSPS) is 14.1. The second-order valence-corrected chi connectivity index (χ2v) is 7.81. The Kier molecular flexibility index (Phi) is 7.78. The van der Waals surface area contributed by atoms with Crippen molar-refractivity contribution in [1.82, 2.24) is 15.5 Å². The van der Waals surface area contributed by atoms with Gasteiger partial charge in [-0.1, -0.05) is 48.6 Å². The van der Waals surface area contributed by atoms with E-state index in [1.807, 2.05) is 24.3 Å². The van der Waals surface area contributed by atoms with Gasteiger partial charge in [0.2, 0.25) is 6.04 Å². The van der Waals surface area contributed by atoms with Crippen LogP contribution in [0.4, 0.5) is 0 Å². The highest BCUT2D eigenvalue weighted by atomic mass is 16.5. The molecule has 7 nitrogen and oxygen atoms in total. The number of carbonyl (C=O) groups excluding carboxylic acids is 3. The van der Waals surface area contributed by atoms with E-state index < -0.39 is 23.8 Å². The van der Waals surface area contributed by atoms with Gasteiger partial charge in [0.25, 0.3) is 11.8 Å². The summed E-state index contributed by atoms with van der Waals surface area (Å²) >= 11 is 0. The van der Waals surface area contributed by atoms with Crippen molar-refractivity contribution in [3.63, 3.8) is 0 Å². The van der Waals surface area contributed by atoms with Gasteiger partial charge in [-0.05, 0) is 41.7 Å². The fourth-order valence-electron chi connectivity index (χ4n) is 3.24. The van der Waals surface area contributed by atoms with Gasteiger partial charge in [0.05, 0.1) is 7.11 Å². The van der Waals surface area contributed by atoms with E-state index in [1.54, 1.807) is 12.1 Å². The van der Waals surface area contributed by atoms with Gasteiger partial charge in [-0.15, -0.1) is 0 Å². The summed E-state index contributed by atoms with van der Waals surface area (Å²) < 4.78 is 4.66. The minimum Gasteiger partial charge on any atom is -0.467 e. The monoisotopic (exact) mass is 435 g/mol. The molecule has 0 spiro atoms. The van der Waals surface area contributed by atoms with Crippen molar-refractivity contribution in [3.8, 4) is 0 Å². The summed E-state index contributed by atoms with van der Waals surface area (Å²) in [6.45, 7) is 0.898. The zero-order valence-electron chi connectivity index (χ0n) is 18.6. The van der Waals surface area contributed by atoms with Gasteiger partial charge in [0, 0.05) is 32.2 Å². The highest BCUT2D eigenvalue weighted by Gasteiger charge is 2.34. The SMILES string of the molecule is CNC(=O)C(C(=O)OC)N(C)C(=O)c1ccc(/C=C/c2ccc(CNC3CC3)cc2)cc1. The molecular formula is C25H29N3O4. The minimum atomic E-state index is -1.35. The van der Waals surface area contributed by atoms with Crippen LogP contribution in [-0.4, -0.2) is 56.0 Å². The zero-order valence-corrected chi connectivity index (χ0v) is 18.6. The van der Waals surface area contributed by atoms with E-state index in [0.29, 0.717) is 11.6 Å². The Hall–Kier alpha value is -3.45. The van der Waals surface area contributed by atoms with Gasteiger partial charge in [-0.2, -0.15) is 0 Å². The molecule has 3 rings (SSSR count). The molecule has 7 heteroatoms. The lowest BCUT2D eigenvalue weighted by Crippen LogP contribution is -2.51. The van der Waals surface area contributed by atoms with E-state index in [9.17, 15) is 14.4 Å². The van der Waals surface area contributed by atoms with Crippen LogP contribution in [0.2, 0.25) is 0 Å². The van der Waals surface area contributed by atoms with Crippen molar-refractivity contribution < 1.29 is 19.1 Å². The summed E-state index contributed by atoms with van der Waals surface area (Å²) in [7, 11) is 3.98. The van der Waals surface area contributed by atoms with Crippen LogP contribution in [0.25, 0.3) is 12.2 Å². The Morgan fingerprint density at radius 1 is 1.03 bits per heavy atom. The summed E-state index contributed by atoms with van der Waals surface area (Å²) in [6.07, 6.45) is 6.54. The molecule has 2 aromatic carbocycles. The molecule has 2 amide bonds. The predicted molar refractivity (Wildman–Crippen MR) is 124 cm³/mol. The highest BCUT2D eigenvalue weighted by molar-refractivity contribution is 6.07. The second kappa shape index (κ2) is 10.7. The summed E-state index contributed by atoms with van der Waals surface area (Å²) in [5.74, 6) is -1.86. The molecule has 2 N–H and O–H groups in total. The number of methoxy groups -OCH3 is 1. The summed E-state index contributed by atoms with van der Waals surface area (Å²) in [4.78, 5) is 37.8. The highest BCUT2D eigenvalue weighted by Crippen LogP contribution is 2.19. The first-order valence-electron chi connectivity index (χ1n) is 10.6. The van der Waals surface area contributed by atoms with Crippen molar-refractivity contribution in [3.05, 3.63) is 70.8 Å². The number of nitrogens with zero attached hydrogens (tertiary/aromatic N) is 1. The summed E-state index contributed by atoms with van der Waals surface area (Å²) in [6, 6.07) is 14.7. The topological polar surface area (TPSA) is 87.7 Å². The first-order valence-corrected chi connectivity index (χ1v) is 10.6. The molecule has 0 bridgehead atoms. The van der Waals surface area contributed by atoms with Crippen LogP contribution in [0.15, 0.2) is 48.5 Å². The van der Waals surface area contributed by atoms with Crippen LogP contribution >= 0.6 is 0 Å². The van der Waals surface area contributed by atoms with Crippen molar-refractivity contribution in [2.45, 2.75) is 31.5 Å². The Bertz CT molecular complexity index is 963. The van der Waals surface area contributed by atoms with Crippen LogP contribution in [0, 0.1) is 0 Å². The zero-order chi connectivity index (χ0) is 23.1. The number of ether oxygens (including phenoxy) is 1. The molecule has 2 aromatic rings. The Morgan fingerprint density at radius 3 is 2.09 bits per heavy atom. The van der Waals surface area contributed by atoms with Gasteiger partial charge in [-0.25, -0.2) is 4.79 Å². The minimum absolute atomic E-state index is 0.370. The lowest BCUT2D eigenvalue weighted by atomic mass is 10.1. The first-order chi connectivity index (χ1) is 15.4. The Balaban J connectivity index is 1.62. The number of nitrogens with one attached hydrogen (secondary N) is 2. The molecule has 0 aromatic heterocycles. The lowest BCUT2D eigenvalue weighted by Gasteiger charge is -2.24. The van der Waals surface area contributed by atoms with Crippen LogP contribution < -0.4 is 10.6 Å². The van der Waals surface area contributed by atoms with E-state index in [-0.39, 0.29) is 0 Å². The van der Waals surface area contributed by atoms with Crippen molar-refractivity contribution in [1.29, 1.82) is 0 Å². The fraction of sp³-hybridized carbons (Fsp3) is 0.320. The van der Waals surface area contributed by atoms with Gasteiger partial charge < -0.3 is 20.3 Å². The standard InChI is InChI=1S/C25H29N3O4/c1-26-23(29)22(25(31)32-3)28(2)24(30)20-12-10-18(11-13-20)5-4-17-6-8-19(9-7-17)16-27-21-14-15-21/h4-13,21-22,27H,14-16H2,1-3H3,(H,26,29)/b5-4+. The molecule has 1 saturated carbocycles. The van der Waals surface area contributed by atoms with E-state index in [4.69, 9.17) is 0 Å². The lowest BCUT2D eigenvalue weighted by molar-refractivity contribution is -0.150.